The van der Waals surface area contributed by atoms with Crippen LogP contribution in [0, 0.1) is 19.7 Å². The molecule has 0 aromatic heterocycles. The average molecular weight is 190 g/mol. The molecule has 0 unspecified atom stereocenters. The fraction of sp³-hybridized carbons (Fsp3) is 0.333. The van der Waals surface area contributed by atoms with E-state index in [-0.39, 0.29) is 5.75 Å². The summed E-state index contributed by atoms with van der Waals surface area (Å²) in [7, 11) is 0. The van der Waals surface area contributed by atoms with Crippen molar-refractivity contribution in [1.82, 2.24) is 0 Å². The predicted molar refractivity (Wildman–Crippen MR) is 42.5 cm³/mol. The molecule has 0 aliphatic carbocycles. The molecule has 1 aromatic rings. The minimum absolute atomic E-state index is 0.0221. The van der Waals surface area contributed by atoms with Gasteiger partial charge in [-0.1, -0.05) is 0 Å². The Morgan fingerprint density at radius 1 is 1.15 bits per heavy atom. The molecule has 0 saturated carbocycles. The quantitative estimate of drug-likeness (QED) is 0.696. The van der Waals surface area contributed by atoms with E-state index in [1.165, 1.54) is 26.0 Å². The fourth-order valence-electron chi connectivity index (χ4n) is 0.977. The van der Waals surface area contributed by atoms with Crippen molar-refractivity contribution in [2.24, 2.45) is 0 Å². The molecule has 13 heavy (non-hydrogen) atoms. The van der Waals surface area contributed by atoms with Crippen molar-refractivity contribution in [2.45, 2.75) is 20.5 Å². The maximum absolute atomic E-state index is 12.9. The van der Waals surface area contributed by atoms with Crippen LogP contribution in [0.1, 0.15) is 11.1 Å². The highest BCUT2D eigenvalue weighted by atomic mass is 19.3. The van der Waals surface area contributed by atoms with Crippen molar-refractivity contribution in [3.8, 4) is 5.75 Å². The monoisotopic (exact) mass is 190 g/mol. The lowest BCUT2D eigenvalue weighted by molar-refractivity contribution is -0.0503. The first kappa shape index (κ1) is 9.89. The van der Waals surface area contributed by atoms with Gasteiger partial charge in [0.1, 0.15) is 11.6 Å². The maximum Gasteiger partial charge on any atom is 0.387 e. The van der Waals surface area contributed by atoms with E-state index >= 15 is 0 Å². The van der Waals surface area contributed by atoms with Gasteiger partial charge >= 0.3 is 6.61 Å². The zero-order valence-electron chi connectivity index (χ0n) is 7.27. The molecule has 1 nitrogen and oxygen atoms in total. The smallest absolute Gasteiger partial charge is 0.387 e. The SMILES string of the molecule is Cc1cc(OC(F)F)c(C)cc1F. The minimum Gasteiger partial charge on any atom is -0.435 e. The molecule has 0 bridgehead atoms. The number of hydrogen-bond acceptors (Lipinski definition) is 1. The Hall–Kier alpha value is -1.19. The molecule has 1 rings (SSSR count). The van der Waals surface area contributed by atoms with Gasteiger partial charge in [0, 0.05) is 0 Å². The van der Waals surface area contributed by atoms with Crippen molar-refractivity contribution >= 4 is 0 Å². The third-order valence-corrected chi connectivity index (χ3v) is 1.67. The molecule has 0 amide bonds. The van der Waals surface area contributed by atoms with Crippen LogP contribution >= 0.6 is 0 Å². The molecule has 0 saturated heterocycles. The van der Waals surface area contributed by atoms with Gasteiger partial charge in [-0.15, -0.1) is 0 Å². The summed E-state index contributed by atoms with van der Waals surface area (Å²) in [5.41, 5.74) is 0.657. The lowest BCUT2D eigenvalue weighted by atomic mass is 10.1. The summed E-state index contributed by atoms with van der Waals surface area (Å²) in [5, 5.41) is 0. The van der Waals surface area contributed by atoms with Crippen LogP contribution in [0.2, 0.25) is 0 Å². The zero-order chi connectivity index (χ0) is 10.0. The summed E-state index contributed by atoms with van der Waals surface area (Å²) in [6.45, 7) is 0.136. The zero-order valence-corrected chi connectivity index (χ0v) is 7.27. The van der Waals surface area contributed by atoms with Gasteiger partial charge in [0.15, 0.2) is 0 Å². The fourth-order valence-corrected chi connectivity index (χ4v) is 0.977. The number of ether oxygens (including phenoxy) is 1. The molecule has 0 aliphatic heterocycles. The Kier molecular flexibility index (Phi) is 2.80. The van der Waals surface area contributed by atoms with Crippen molar-refractivity contribution in [3.63, 3.8) is 0 Å². The molecule has 0 aliphatic rings. The van der Waals surface area contributed by atoms with Gasteiger partial charge in [0.2, 0.25) is 0 Å². The Balaban J connectivity index is 3.01. The van der Waals surface area contributed by atoms with Gasteiger partial charge in [-0.05, 0) is 37.1 Å². The van der Waals surface area contributed by atoms with Crippen LogP contribution in [-0.4, -0.2) is 6.61 Å². The first-order valence-electron chi connectivity index (χ1n) is 3.72. The van der Waals surface area contributed by atoms with Crippen LogP contribution in [0.3, 0.4) is 0 Å². The van der Waals surface area contributed by atoms with Crippen LogP contribution in [-0.2, 0) is 0 Å². The van der Waals surface area contributed by atoms with Crippen LogP contribution in [0.25, 0.3) is 0 Å². The van der Waals surface area contributed by atoms with Gasteiger partial charge in [-0.3, -0.25) is 0 Å². The summed E-state index contributed by atoms with van der Waals surface area (Å²) in [4.78, 5) is 0. The number of halogens is 3. The summed E-state index contributed by atoms with van der Waals surface area (Å²) >= 11 is 0. The maximum atomic E-state index is 12.9. The molecular formula is C9H9F3O. The Morgan fingerprint density at radius 2 is 1.77 bits per heavy atom. The third-order valence-electron chi connectivity index (χ3n) is 1.67. The van der Waals surface area contributed by atoms with E-state index in [1.54, 1.807) is 0 Å². The molecule has 4 heteroatoms. The molecular weight excluding hydrogens is 181 g/mol. The average Bonchev–Trinajstić information content (AvgIpc) is 1.99. The highest BCUT2D eigenvalue weighted by molar-refractivity contribution is 5.36. The van der Waals surface area contributed by atoms with Crippen LogP contribution in [0.4, 0.5) is 13.2 Å². The third kappa shape index (κ3) is 2.37. The number of aryl methyl sites for hydroxylation is 2. The summed E-state index contributed by atoms with van der Waals surface area (Å²) in [6, 6.07) is 2.43. The topological polar surface area (TPSA) is 9.23 Å². The van der Waals surface area contributed by atoms with Gasteiger partial charge in [0.25, 0.3) is 0 Å². The number of hydrogen-bond donors (Lipinski definition) is 0. The van der Waals surface area contributed by atoms with E-state index in [0.717, 1.165) is 0 Å². The second-order valence-corrected chi connectivity index (χ2v) is 2.75. The van der Waals surface area contributed by atoms with E-state index in [4.69, 9.17) is 0 Å². The van der Waals surface area contributed by atoms with Gasteiger partial charge in [-0.2, -0.15) is 8.78 Å². The largest absolute Gasteiger partial charge is 0.435 e. The number of benzene rings is 1. The Bertz CT molecular complexity index is 310. The van der Waals surface area contributed by atoms with Gasteiger partial charge < -0.3 is 4.74 Å². The van der Waals surface area contributed by atoms with E-state index in [2.05, 4.69) is 4.74 Å². The van der Waals surface area contributed by atoms with E-state index < -0.39 is 12.4 Å². The number of rotatable bonds is 2. The lowest BCUT2D eigenvalue weighted by Gasteiger charge is -2.08. The van der Waals surface area contributed by atoms with Crippen LogP contribution in [0.15, 0.2) is 12.1 Å². The van der Waals surface area contributed by atoms with E-state index in [1.807, 2.05) is 0 Å². The first-order valence-corrected chi connectivity index (χ1v) is 3.72. The van der Waals surface area contributed by atoms with Crippen molar-refractivity contribution < 1.29 is 17.9 Å². The Labute approximate surface area is 74.1 Å². The Morgan fingerprint density at radius 3 is 2.31 bits per heavy atom. The first-order chi connectivity index (χ1) is 6.00. The summed E-state index contributed by atoms with van der Waals surface area (Å²) in [5.74, 6) is -0.395. The predicted octanol–water partition coefficient (Wildman–Crippen LogP) is 3.04. The summed E-state index contributed by atoms with van der Waals surface area (Å²) in [6.07, 6.45) is 0. The van der Waals surface area contributed by atoms with Crippen LogP contribution < -0.4 is 4.74 Å². The highest BCUT2D eigenvalue weighted by Gasteiger charge is 2.09. The second-order valence-electron chi connectivity index (χ2n) is 2.75. The van der Waals surface area contributed by atoms with Gasteiger partial charge in [0.05, 0.1) is 0 Å². The summed E-state index contributed by atoms with van der Waals surface area (Å²) < 4.78 is 40.7. The molecule has 0 heterocycles. The highest BCUT2D eigenvalue weighted by Crippen LogP contribution is 2.23. The van der Waals surface area contributed by atoms with Crippen molar-refractivity contribution in [3.05, 3.63) is 29.1 Å². The van der Waals surface area contributed by atoms with Crippen LogP contribution in [0.5, 0.6) is 5.75 Å². The van der Waals surface area contributed by atoms with Crippen molar-refractivity contribution in [2.75, 3.05) is 0 Å². The standard InChI is InChI=1S/C9H9F3O/c1-5-4-8(13-9(11)12)6(2)3-7(5)10/h3-4,9H,1-2H3. The van der Waals surface area contributed by atoms with E-state index in [9.17, 15) is 13.2 Å². The molecule has 72 valence electrons. The molecule has 0 atom stereocenters. The number of alkyl halides is 2. The van der Waals surface area contributed by atoms with E-state index in [0.29, 0.717) is 11.1 Å². The second kappa shape index (κ2) is 3.68. The molecule has 1 aromatic carbocycles. The molecule has 0 N–H and O–H groups in total. The normalized spacial score (nSPS) is 10.6. The van der Waals surface area contributed by atoms with Crippen molar-refractivity contribution in [1.29, 1.82) is 0 Å². The minimum atomic E-state index is -2.87. The van der Waals surface area contributed by atoms with Gasteiger partial charge in [-0.25, -0.2) is 4.39 Å². The lowest BCUT2D eigenvalue weighted by Crippen LogP contribution is -2.04. The molecule has 0 radical (unpaired) electrons. The molecule has 0 spiro atoms. The molecule has 0 fully saturated rings.